The number of aryl methyl sites for hydroxylation is 8. The first-order valence-electron chi connectivity index (χ1n) is 29.9. The molecule has 0 aliphatic carbocycles. The molecule has 86 heavy (non-hydrogen) atoms. The van der Waals surface area contributed by atoms with Crippen molar-refractivity contribution in [3.63, 3.8) is 0 Å². The zero-order valence-electron chi connectivity index (χ0n) is 50.3. The maximum absolute atomic E-state index is 2.45. The Bertz CT molecular complexity index is 4170. The summed E-state index contributed by atoms with van der Waals surface area (Å²) in [6.07, 6.45) is 0. The third-order valence-corrected chi connectivity index (χ3v) is 16.8. The van der Waals surface area contributed by atoms with Gasteiger partial charge in [0.25, 0.3) is 0 Å². The van der Waals surface area contributed by atoms with Gasteiger partial charge < -0.3 is 19.6 Å². The van der Waals surface area contributed by atoms with Crippen molar-refractivity contribution in [2.75, 3.05) is 19.6 Å². The highest BCUT2D eigenvalue weighted by Crippen LogP contribution is 2.50. The van der Waals surface area contributed by atoms with Crippen LogP contribution in [0.3, 0.4) is 0 Å². The predicted octanol–water partition coefficient (Wildman–Crippen LogP) is 23.7. The summed E-state index contributed by atoms with van der Waals surface area (Å²) in [5, 5.41) is 4.63. The molecular weight excluding hydrogens is 1040 g/mol. The fourth-order valence-electron chi connectivity index (χ4n) is 12.0. The van der Waals surface area contributed by atoms with Crippen LogP contribution in [0.15, 0.2) is 279 Å². The molecule has 0 spiro atoms. The Hall–Kier alpha value is -10.4. The van der Waals surface area contributed by atoms with E-state index in [9.17, 15) is 0 Å². The quantitative estimate of drug-likeness (QED) is 0.101. The Morgan fingerprint density at radius 3 is 0.500 bits per heavy atom. The van der Waals surface area contributed by atoms with Crippen LogP contribution >= 0.6 is 0 Å². The van der Waals surface area contributed by atoms with Crippen molar-refractivity contribution in [3.05, 3.63) is 324 Å². The zero-order chi connectivity index (χ0) is 59.0. The Kier molecular flexibility index (Phi) is 14.9. The standard InChI is InChI=1S/C82H70N4/c1-55-9-29-65(30-10-55)83(66-31-11-56(2)12-32-66)73-45-25-63(26-46-73)81-77-51-49-75(85(69-37-17-59(5)18-38-69)70-39-19-60(6)20-40-70)53-79(77)82(64-27-47-74(48-28-64)84(67-33-13-57(3)14-34-67)68-35-15-58(4)16-36-68)80-54-76(50-52-78(80)81)86(71-41-21-61(7)22-42-71)72-43-23-62(8)24-44-72/h9-54H,1-8H3. The molecule has 0 bridgehead atoms. The number of rotatable bonds is 14. The molecule has 0 saturated carbocycles. The van der Waals surface area contributed by atoms with Crippen molar-refractivity contribution < 1.29 is 0 Å². The average Bonchev–Trinajstić information content (AvgIpc) is 0.788. The van der Waals surface area contributed by atoms with E-state index >= 15 is 0 Å². The van der Waals surface area contributed by atoms with Gasteiger partial charge in [-0.1, -0.05) is 178 Å². The molecule has 13 rings (SSSR count). The number of anilines is 12. The molecule has 0 N–H and O–H groups in total. The van der Waals surface area contributed by atoms with E-state index in [4.69, 9.17) is 0 Å². The first-order valence-corrected chi connectivity index (χ1v) is 29.9. The monoisotopic (exact) mass is 1110 g/mol. The SMILES string of the molecule is Cc1ccc(N(c2ccc(C)cc2)c2ccc(-c3c4ccc(N(c5ccc(C)cc5)c5ccc(C)cc5)cc4c(-c4ccc(N(c5ccc(C)cc5)c5ccc(C)cc5)cc4)c4cc(N(c5ccc(C)cc5)c5ccc(C)cc5)ccc34)cc2)cc1. The topological polar surface area (TPSA) is 13.0 Å². The van der Waals surface area contributed by atoms with Crippen LogP contribution in [0.1, 0.15) is 44.5 Å². The highest BCUT2D eigenvalue weighted by molar-refractivity contribution is 6.23. The second-order valence-corrected chi connectivity index (χ2v) is 23.3. The van der Waals surface area contributed by atoms with E-state index in [1.165, 1.54) is 50.1 Å². The summed E-state index contributed by atoms with van der Waals surface area (Å²) in [6, 6.07) is 104. The van der Waals surface area contributed by atoms with Gasteiger partial charge in [0, 0.05) is 68.2 Å². The van der Waals surface area contributed by atoms with Crippen molar-refractivity contribution in [2.45, 2.75) is 55.4 Å². The molecule has 0 radical (unpaired) electrons. The maximum Gasteiger partial charge on any atom is 0.0468 e. The third kappa shape index (κ3) is 11.0. The summed E-state index contributed by atoms with van der Waals surface area (Å²) in [5.41, 5.74) is 27.5. The van der Waals surface area contributed by atoms with Crippen LogP contribution in [-0.2, 0) is 0 Å². The summed E-state index contributed by atoms with van der Waals surface area (Å²) in [4.78, 5) is 9.53. The molecule has 0 aliphatic rings. The number of nitrogens with zero attached hydrogens (tertiary/aromatic N) is 4. The number of hydrogen-bond donors (Lipinski definition) is 0. The summed E-state index contributed by atoms with van der Waals surface area (Å²) >= 11 is 0. The van der Waals surface area contributed by atoms with Gasteiger partial charge in [0.1, 0.15) is 0 Å². The molecule has 0 fully saturated rings. The zero-order valence-corrected chi connectivity index (χ0v) is 50.3. The minimum Gasteiger partial charge on any atom is -0.311 e. The van der Waals surface area contributed by atoms with Crippen molar-refractivity contribution in [3.8, 4) is 22.3 Å². The number of benzene rings is 13. The molecule has 0 aliphatic heterocycles. The summed E-state index contributed by atoms with van der Waals surface area (Å²) in [5.74, 6) is 0. The maximum atomic E-state index is 2.45. The lowest BCUT2D eigenvalue weighted by atomic mass is 9.85. The van der Waals surface area contributed by atoms with E-state index in [0.29, 0.717) is 0 Å². The first kappa shape index (κ1) is 54.8. The minimum atomic E-state index is 1.07. The van der Waals surface area contributed by atoms with Crippen molar-refractivity contribution in [2.24, 2.45) is 0 Å². The van der Waals surface area contributed by atoms with Crippen LogP contribution in [0.5, 0.6) is 0 Å². The van der Waals surface area contributed by atoms with Gasteiger partial charge >= 0.3 is 0 Å². The summed E-state index contributed by atoms with van der Waals surface area (Å²) in [6.45, 7) is 17.2. The van der Waals surface area contributed by atoms with Gasteiger partial charge in [-0.25, -0.2) is 0 Å². The predicted molar refractivity (Wildman–Crippen MR) is 369 cm³/mol. The van der Waals surface area contributed by atoms with Gasteiger partial charge in [-0.05, 0) is 245 Å². The number of fused-ring (bicyclic) bond motifs is 2. The summed E-state index contributed by atoms with van der Waals surface area (Å²) in [7, 11) is 0. The van der Waals surface area contributed by atoms with Crippen LogP contribution in [0, 0.1) is 55.4 Å². The third-order valence-electron chi connectivity index (χ3n) is 16.8. The Labute approximate surface area is 507 Å². The van der Waals surface area contributed by atoms with Crippen molar-refractivity contribution in [1.82, 2.24) is 0 Å². The fraction of sp³-hybridized carbons (Fsp3) is 0.0976. The molecule has 0 aromatic heterocycles. The van der Waals surface area contributed by atoms with Gasteiger partial charge in [0.2, 0.25) is 0 Å². The van der Waals surface area contributed by atoms with Gasteiger partial charge in [0.05, 0.1) is 0 Å². The van der Waals surface area contributed by atoms with Gasteiger partial charge in [-0.2, -0.15) is 0 Å². The molecular formula is C82H70N4. The van der Waals surface area contributed by atoms with Crippen LogP contribution in [0.25, 0.3) is 43.8 Å². The average molecular weight is 1110 g/mol. The Balaban J connectivity index is 1.09. The molecule has 0 unspecified atom stereocenters. The molecule has 0 saturated heterocycles. The van der Waals surface area contributed by atoms with Crippen LogP contribution in [-0.4, -0.2) is 0 Å². The van der Waals surface area contributed by atoms with Crippen LogP contribution < -0.4 is 19.6 Å². The Morgan fingerprint density at radius 1 is 0.151 bits per heavy atom. The second kappa shape index (κ2) is 23.3. The van der Waals surface area contributed by atoms with Gasteiger partial charge in [0.15, 0.2) is 0 Å². The van der Waals surface area contributed by atoms with Crippen LogP contribution in [0.2, 0.25) is 0 Å². The number of hydrogen-bond acceptors (Lipinski definition) is 4. The van der Waals surface area contributed by atoms with E-state index in [1.54, 1.807) is 0 Å². The van der Waals surface area contributed by atoms with E-state index in [1.807, 2.05) is 0 Å². The van der Waals surface area contributed by atoms with E-state index < -0.39 is 0 Å². The molecule has 0 amide bonds. The molecule has 4 nitrogen and oxygen atoms in total. The highest BCUT2D eigenvalue weighted by atomic mass is 15.2. The fourth-order valence-corrected chi connectivity index (χ4v) is 12.0. The lowest BCUT2D eigenvalue weighted by molar-refractivity contribution is 1.27. The van der Waals surface area contributed by atoms with Crippen molar-refractivity contribution in [1.29, 1.82) is 0 Å². The second-order valence-electron chi connectivity index (χ2n) is 23.3. The molecule has 418 valence electrons. The van der Waals surface area contributed by atoms with Crippen LogP contribution in [0.4, 0.5) is 68.2 Å². The summed E-state index contributed by atoms with van der Waals surface area (Å²) < 4.78 is 0. The molecule has 13 aromatic carbocycles. The van der Waals surface area contributed by atoms with Gasteiger partial charge in [-0.15, -0.1) is 0 Å². The highest BCUT2D eigenvalue weighted by Gasteiger charge is 2.24. The lowest BCUT2D eigenvalue weighted by Crippen LogP contribution is -2.11. The smallest absolute Gasteiger partial charge is 0.0468 e. The normalized spacial score (nSPS) is 11.3. The van der Waals surface area contributed by atoms with E-state index in [-0.39, 0.29) is 0 Å². The first-order chi connectivity index (χ1) is 41.9. The molecule has 0 atom stereocenters. The molecule has 4 heteroatoms. The van der Waals surface area contributed by atoms with E-state index in [2.05, 4.69) is 354 Å². The Morgan fingerprint density at radius 2 is 0.302 bits per heavy atom. The largest absolute Gasteiger partial charge is 0.311 e. The molecule has 13 aromatic rings. The van der Waals surface area contributed by atoms with E-state index in [0.717, 1.165) is 106 Å². The molecule has 0 heterocycles. The van der Waals surface area contributed by atoms with Crippen molar-refractivity contribution >= 4 is 89.8 Å². The van der Waals surface area contributed by atoms with Gasteiger partial charge in [-0.3, -0.25) is 0 Å². The lowest BCUT2D eigenvalue weighted by Gasteiger charge is -2.29. The minimum absolute atomic E-state index is 1.07.